The smallest absolute Gasteiger partial charge is 0.335 e. The Labute approximate surface area is 106 Å². The quantitative estimate of drug-likeness (QED) is 0.710. The number of carbonyl (C=O) groups is 1. The topological polar surface area (TPSA) is 104 Å². The van der Waals surface area contributed by atoms with Crippen molar-refractivity contribution >= 4 is 28.5 Å². The highest BCUT2D eigenvalue weighted by molar-refractivity contribution is 6.34. The molecule has 1 aromatic heterocycles. The zero-order valence-corrected chi connectivity index (χ0v) is 9.74. The van der Waals surface area contributed by atoms with Crippen molar-refractivity contribution in [2.75, 3.05) is 0 Å². The zero-order chi connectivity index (χ0) is 13.3. The third-order valence-corrected chi connectivity index (χ3v) is 2.81. The van der Waals surface area contributed by atoms with E-state index >= 15 is 0 Å². The Morgan fingerprint density at radius 3 is 2.67 bits per heavy atom. The summed E-state index contributed by atoms with van der Waals surface area (Å²) in [5, 5.41) is 28.3. The summed E-state index contributed by atoms with van der Waals surface area (Å²) in [5.41, 5.74) is 0.796. The van der Waals surface area contributed by atoms with E-state index in [9.17, 15) is 15.0 Å². The van der Waals surface area contributed by atoms with Gasteiger partial charge in [0.2, 0.25) is 0 Å². The Balaban J connectivity index is 2.47. The van der Waals surface area contributed by atoms with Gasteiger partial charge in [-0.05, 0) is 17.7 Å². The average molecular weight is 269 g/mol. The van der Waals surface area contributed by atoms with E-state index in [1.54, 1.807) is 6.07 Å². The van der Waals surface area contributed by atoms with Crippen molar-refractivity contribution in [1.82, 2.24) is 9.97 Å². The number of aliphatic carboxylic acids is 1. The van der Waals surface area contributed by atoms with Crippen LogP contribution in [-0.2, 0) is 4.79 Å². The molecule has 94 valence electrons. The highest BCUT2D eigenvalue weighted by Gasteiger charge is 2.25. The molecule has 2 unspecified atom stereocenters. The highest BCUT2D eigenvalue weighted by Crippen LogP contribution is 2.25. The molecule has 0 amide bonds. The maximum atomic E-state index is 10.6. The van der Waals surface area contributed by atoms with Gasteiger partial charge in [0.05, 0.1) is 5.52 Å². The molecule has 0 aliphatic rings. The van der Waals surface area contributed by atoms with Gasteiger partial charge in [-0.3, -0.25) is 0 Å². The van der Waals surface area contributed by atoms with E-state index < -0.39 is 18.2 Å². The van der Waals surface area contributed by atoms with E-state index in [1.807, 2.05) is 0 Å². The highest BCUT2D eigenvalue weighted by atomic mass is 35.5. The van der Waals surface area contributed by atoms with Crippen LogP contribution in [0.1, 0.15) is 11.7 Å². The molecule has 0 saturated carbocycles. The second-order valence-electron chi connectivity index (χ2n) is 3.67. The summed E-state index contributed by atoms with van der Waals surface area (Å²) in [6.07, 6.45) is -2.14. The van der Waals surface area contributed by atoms with Gasteiger partial charge in [-0.1, -0.05) is 17.7 Å². The molecular formula is C11H9ClN2O4. The van der Waals surface area contributed by atoms with Gasteiger partial charge in [0.15, 0.2) is 6.10 Å². The molecule has 1 heterocycles. The third kappa shape index (κ3) is 2.26. The summed E-state index contributed by atoms with van der Waals surface area (Å²) >= 11 is 5.86. The Bertz CT molecular complexity index is 605. The van der Waals surface area contributed by atoms with Gasteiger partial charge < -0.3 is 15.3 Å². The van der Waals surface area contributed by atoms with E-state index in [0.717, 1.165) is 0 Å². The number of hydrogen-bond acceptors (Lipinski definition) is 5. The van der Waals surface area contributed by atoms with Crippen molar-refractivity contribution in [2.45, 2.75) is 12.2 Å². The minimum absolute atomic E-state index is 0.193. The molecule has 0 aliphatic heterocycles. The number of aliphatic hydroxyl groups excluding tert-OH is 2. The van der Waals surface area contributed by atoms with Crippen LogP contribution in [-0.4, -0.2) is 37.4 Å². The van der Waals surface area contributed by atoms with Crippen molar-refractivity contribution in [3.63, 3.8) is 0 Å². The number of fused-ring (bicyclic) bond motifs is 1. The fourth-order valence-corrected chi connectivity index (χ4v) is 1.74. The lowest BCUT2D eigenvalue weighted by Crippen LogP contribution is -2.27. The lowest BCUT2D eigenvalue weighted by Gasteiger charge is -2.14. The van der Waals surface area contributed by atoms with E-state index in [-0.39, 0.29) is 10.7 Å². The van der Waals surface area contributed by atoms with Crippen LogP contribution in [0.3, 0.4) is 0 Å². The number of halogens is 1. The van der Waals surface area contributed by atoms with E-state index in [4.69, 9.17) is 16.7 Å². The monoisotopic (exact) mass is 268 g/mol. The summed E-state index contributed by atoms with van der Waals surface area (Å²) in [4.78, 5) is 18.3. The van der Waals surface area contributed by atoms with Crippen LogP contribution in [0, 0.1) is 0 Å². The van der Waals surface area contributed by atoms with E-state index in [0.29, 0.717) is 10.9 Å². The molecule has 0 aliphatic carbocycles. The van der Waals surface area contributed by atoms with Gasteiger partial charge in [0.1, 0.15) is 17.6 Å². The second kappa shape index (κ2) is 4.85. The predicted molar refractivity (Wildman–Crippen MR) is 63.2 cm³/mol. The minimum atomic E-state index is -1.90. The van der Waals surface area contributed by atoms with Gasteiger partial charge in [-0.2, -0.15) is 0 Å². The number of carboxylic acids is 1. The molecule has 6 nitrogen and oxygen atoms in total. The fourth-order valence-electron chi connectivity index (χ4n) is 1.54. The van der Waals surface area contributed by atoms with Crippen LogP contribution in [0.15, 0.2) is 24.5 Å². The first kappa shape index (κ1) is 12.7. The largest absolute Gasteiger partial charge is 0.479 e. The second-order valence-corrected chi connectivity index (χ2v) is 4.03. The summed E-state index contributed by atoms with van der Waals surface area (Å²) in [6, 6.07) is 4.49. The van der Waals surface area contributed by atoms with Gasteiger partial charge in [-0.15, -0.1) is 0 Å². The SMILES string of the molecule is O=C(O)C(O)C(O)c1ccc2ncnc(Cl)c2c1. The molecule has 0 fully saturated rings. The van der Waals surface area contributed by atoms with Gasteiger partial charge >= 0.3 is 5.97 Å². The molecule has 2 aromatic rings. The van der Waals surface area contributed by atoms with Crippen LogP contribution >= 0.6 is 11.6 Å². The van der Waals surface area contributed by atoms with Crippen LogP contribution < -0.4 is 0 Å². The van der Waals surface area contributed by atoms with Crippen molar-refractivity contribution in [2.24, 2.45) is 0 Å². The van der Waals surface area contributed by atoms with E-state index in [1.165, 1.54) is 18.5 Å². The summed E-state index contributed by atoms with van der Waals surface area (Å²) in [5.74, 6) is -1.50. The first-order valence-electron chi connectivity index (χ1n) is 5.00. The van der Waals surface area contributed by atoms with Crippen molar-refractivity contribution < 1.29 is 20.1 Å². The number of rotatable bonds is 3. The van der Waals surface area contributed by atoms with Crippen LogP contribution in [0.25, 0.3) is 10.9 Å². The van der Waals surface area contributed by atoms with Crippen molar-refractivity contribution in [1.29, 1.82) is 0 Å². The molecule has 0 saturated heterocycles. The van der Waals surface area contributed by atoms with Crippen LogP contribution in [0.2, 0.25) is 5.15 Å². The number of carboxylic acid groups (broad SMARTS) is 1. The minimum Gasteiger partial charge on any atom is -0.479 e. The number of aromatic nitrogens is 2. The normalized spacial score (nSPS) is 14.4. The van der Waals surface area contributed by atoms with Crippen LogP contribution in [0.4, 0.5) is 0 Å². The molecule has 3 N–H and O–H groups in total. The molecule has 7 heteroatoms. The first-order valence-corrected chi connectivity index (χ1v) is 5.37. The fraction of sp³-hybridized carbons (Fsp3) is 0.182. The summed E-state index contributed by atoms with van der Waals surface area (Å²) in [6.45, 7) is 0. The molecule has 0 bridgehead atoms. The third-order valence-electron chi connectivity index (χ3n) is 2.50. The van der Waals surface area contributed by atoms with Crippen molar-refractivity contribution in [3.8, 4) is 0 Å². The molecule has 2 atom stereocenters. The number of hydrogen-bond donors (Lipinski definition) is 3. The lowest BCUT2D eigenvalue weighted by molar-refractivity contribution is -0.153. The molecule has 18 heavy (non-hydrogen) atoms. The Morgan fingerprint density at radius 2 is 2.00 bits per heavy atom. The molecule has 1 aromatic carbocycles. The zero-order valence-electron chi connectivity index (χ0n) is 8.99. The summed E-state index contributed by atoms with van der Waals surface area (Å²) < 4.78 is 0. The van der Waals surface area contributed by atoms with Gasteiger partial charge in [0.25, 0.3) is 0 Å². The molecular weight excluding hydrogens is 260 g/mol. The lowest BCUT2D eigenvalue weighted by atomic mass is 10.0. The molecule has 0 radical (unpaired) electrons. The standard InChI is InChI=1S/C11H9ClN2O4/c12-10-6-3-5(8(15)9(16)11(17)18)1-2-7(6)13-4-14-10/h1-4,8-9,15-16H,(H,17,18). The Hall–Kier alpha value is -1.76. The van der Waals surface area contributed by atoms with Gasteiger partial charge in [-0.25, -0.2) is 14.8 Å². The maximum absolute atomic E-state index is 10.6. The summed E-state index contributed by atoms with van der Waals surface area (Å²) in [7, 11) is 0. The van der Waals surface area contributed by atoms with Gasteiger partial charge in [0, 0.05) is 5.39 Å². The molecule has 0 spiro atoms. The Kier molecular flexibility index (Phi) is 3.42. The number of aliphatic hydroxyl groups is 2. The Morgan fingerprint density at radius 1 is 1.28 bits per heavy atom. The first-order chi connectivity index (χ1) is 8.50. The van der Waals surface area contributed by atoms with Crippen molar-refractivity contribution in [3.05, 3.63) is 35.2 Å². The van der Waals surface area contributed by atoms with Crippen LogP contribution in [0.5, 0.6) is 0 Å². The predicted octanol–water partition coefficient (Wildman–Crippen LogP) is 0.762. The number of nitrogens with zero attached hydrogens (tertiary/aromatic N) is 2. The average Bonchev–Trinajstić information content (AvgIpc) is 2.37. The maximum Gasteiger partial charge on any atom is 0.335 e. The number of benzene rings is 1. The molecule has 2 rings (SSSR count). The van der Waals surface area contributed by atoms with E-state index in [2.05, 4.69) is 9.97 Å².